The van der Waals surface area contributed by atoms with Crippen molar-refractivity contribution in [2.75, 3.05) is 23.1 Å². The van der Waals surface area contributed by atoms with E-state index in [1.165, 1.54) is 10.5 Å². The first-order valence-corrected chi connectivity index (χ1v) is 13.4. The number of benzene rings is 3. The molecule has 0 radical (unpaired) electrons. The van der Waals surface area contributed by atoms with Crippen LogP contribution in [0.1, 0.15) is 17.5 Å². The molecule has 0 aromatic heterocycles. The molecule has 0 spiro atoms. The lowest BCUT2D eigenvalue weighted by Crippen LogP contribution is -2.41. The minimum Gasteiger partial charge on any atom is -0.354 e. The zero-order chi connectivity index (χ0) is 23.8. The van der Waals surface area contributed by atoms with Gasteiger partial charge in [-0.3, -0.25) is 9.10 Å². The zero-order valence-corrected chi connectivity index (χ0v) is 21.0. The fourth-order valence-corrected chi connectivity index (χ4v) is 5.54. The average Bonchev–Trinajstić information content (AvgIpc) is 2.78. The van der Waals surface area contributed by atoms with Crippen LogP contribution in [-0.2, 0) is 14.8 Å². The highest BCUT2D eigenvalue weighted by molar-refractivity contribution is 7.99. The number of hydrogen-bond acceptors (Lipinski definition) is 4. The number of carbonyl (C=O) groups excluding carboxylic acids is 1. The van der Waals surface area contributed by atoms with Gasteiger partial charge in [0.05, 0.1) is 10.6 Å². The lowest BCUT2D eigenvalue weighted by Gasteiger charge is -2.24. The van der Waals surface area contributed by atoms with Crippen LogP contribution in [0.25, 0.3) is 0 Å². The van der Waals surface area contributed by atoms with E-state index in [4.69, 9.17) is 11.6 Å². The monoisotopic (exact) mass is 502 g/mol. The number of thioether (sulfide) groups is 1. The Morgan fingerprint density at radius 2 is 1.61 bits per heavy atom. The van der Waals surface area contributed by atoms with Gasteiger partial charge in [0.15, 0.2) is 0 Å². The summed E-state index contributed by atoms with van der Waals surface area (Å²) in [6, 6.07) is 21.3. The Kier molecular flexibility index (Phi) is 8.83. The summed E-state index contributed by atoms with van der Waals surface area (Å²) >= 11 is 7.82. The van der Waals surface area contributed by atoms with Crippen molar-refractivity contribution < 1.29 is 13.2 Å². The normalized spacial score (nSPS) is 11.2. The van der Waals surface area contributed by atoms with Crippen molar-refractivity contribution in [1.29, 1.82) is 0 Å². The molecule has 0 atom stereocenters. The maximum absolute atomic E-state index is 13.3. The number of carbonyl (C=O) groups is 1. The van der Waals surface area contributed by atoms with Gasteiger partial charge in [-0.25, -0.2) is 8.42 Å². The van der Waals surface area contributed by atoms with E-state index >= 15 is 0 Å². The molecule has 174 valence electrons. The van der Waals surface area contributed by atoms with Crippen molar-refractivity contribution in [1.82, 2.24) is 5.32 Å². The van der Waals surface area contributed by atoms with E-state index in [9.17, 15) is 13.2 Å². The van der Waals surface area contributed by atoms with Gasteiger partial charge in [-0.2, -0.15) is 0 Å². The van der Waals surface area contributed by atoms with Gasteiger partial charge in [0, 0.05) is 16.5 Å². The van der Waals surface area contributed by atoms with Crippen molar-refractivity contribution in [2.24, 2.45) is 0 Å². The summed E-state index contributed by atoms with van der Waals surface area (Å²) in [5.74, 6) is 0.481. The second-order valence-electron chi connectivity index (χ2n) is 7.67. The summed E-state index contributed by atoms with van der Waals surface area (Å²) in [4.78, 5) is 14.0. The molecule has 0 aliphatic rings. The largest absolute Gasteiger partial charge is 0.354 e. The molecule has 3 aromatic rings. The van der Waals surface area contributed by atoms with Crippen molar-refractivity contribution >= 4 is 45.0 Å². The van der Waals surface area contributed by atoms with Crippen LogP contribution in [0.4, 0.5) is 5.69 Å². The van der Waals surface area contributed by atoms with E-state index in [1.54, 1.807) is 60.3 Å². The van der Waals surface area contributed by atoms with Crippen LogP contribution < -0.4 is 9.62 Å². The SMILES string of the molecule is Cc1ccc(SCCCNC(=O)CN(c2cccc(Cl)c2)S(=O)(=O)c2ccc(C)cc2)cc1. The number of halogens is 1. The molecular formula is C25H27ClN2O3S2. The number of amides is 1. The highest BCUT2D eigenvalue weighted by atomic mass is 35.5. The Morgan fingerprint density at radius 1 is 0.970 bits per heavy atom. The van der Waals surface area contributed by atoms with E-state index in [-0.39, 0.29) is 17.3 Å². The van der Waals surface area contributed by atoms with Crippen LogP contribution in [0.2, 0.25) is 5.02 Å². The molecule has 1 N–H and O–H groups in total. The standard InChI is InChI=1S/C25H27ClN2O3S2/c1-19-7-11-23(12-8-19)32-16-4-15-27-25(29)18-28(22-6-3-5-21(26)17-22)33(30,31)24-13-9-20(2)10-14-24/h3,5-14,17H,4,15-16,18H2,1-2H3,(H,27,29). The molecule has 0 fully saturated rings. The fourth-order valence-electron chi connectivity index (χ4n) is 3.09. The Morgan fingerprint density at radius 3 is 2.24 bits per heavy atom. The van der Waals surface area contributed by atoms with Gasteiger partial charge >= 0.3 is 0 Å². The summed E-state index contributed by atoms with van der Waals surface area (Å²) < 4.78 is 27.8. The molecule has 0 saturated heterocycles. The Balaban J connectivity index is 1.64. The summed E-state index contributed by atoms with van der Waals surface area (Å²) in [6.07, 6.45) is 0.770. The summed E-state index contributed by atoms with van der Waals surface area (Å²) in [7, 11) is -3.95. The van der Waals surface area contributed by atoms with Crippen LogP contribution >= 0.6 is 23.4 Å². The van der Waals surface area contributed by atoms with Gasteiger partial charge in [0.2, 0.25) is 5.91 Å². The fraction of sp³-hybridized carbons (Fsp3) is 0.240. The van der Waals surface area contributed by atoms with Gasteiger partial charge in [-0.1, -0.05) is 53.1 Å². The third-order valence-electron chi connectivity index (χ3n) is 4.93. The smallest absolute Gasteiger partial charge is 0.264 e. The predicted molar refractivity (Wildman–Crippen MR) is 137 cm³/mol. The number of sulfonamides is 1. The van der Waals surface area contributed by atoms with Crippen molar-refractivity contribution in [3.05, 3.63) is 88.9 Å². The highest BCUT2D eigenvalue weighted by Crippen LogP contribution is 2.26. The quantitative estimate of drug-likeness (QED) is 0.295. The minimum atomic E-state index is -3.95. The number of hydrogen-bond donors (Lipinski definition) is 1. The van der Waals surface area contributed by atoms with E-state index < -0.39 is 10.0 Å². The molecule has 33 heavy (non-hydrogen) atoms. The third kappa shape index (κ3) is 7.25. The van der Waals surface area contributed by atoms with Crippen LogP contribution in [-0.4, -0.2) is 33.2 Å². The summed E-state index contributed by atoms with van der Waals surface area (Å²) in [5, 5.41) is 3.23. The second kappa shape index (κ2) is 11.6. The Hall–Kier alpha value is -2.48. The lowest BCUT2D eigenvalue weighted by atomic mass is 10.2. The molecule has 0 saturated carbocycles. The first-order valence-electron chi connectivity index (χ1n) is 10.6. The number of nitrogens with one attached hydrogen (secondary N) is 1. The molecule has 3 rings (SSSR count). The molecule has 3 aromatic carbocycles. The number of nitrogens with zero attached hydrogens (tertiary/aromatic N) is 1. The molecule has 0 aliphatic heterocycles. The maximum Gasteiger partial charge on any atom is 0.264 e. The van der Waals surface area contributed by atoms with E-state index in [0.717, 1.165) is 22.0 Å². The molecule has 5 nitrogen and oxygen atoms in total. The van der Waals surface area contributed by atoms with Crippen molar-refractivity contribution in [3.8, 4) is 0 Å². The Bertz CT molecular complexity index is 1180. The van der Waals surface area contributed by atoms with Crippen LogP contribution in [0.3, 0.4) is 0 Å². The van der Waals surface area contributed by atoms with E-state index in [2.05, 4.69) is 36.5 Å². The molecular weight excluding hydrogens is 476 g/mol. The first kappa shape index (κ1) is 25.1. The van der Waals surface area contributed by atoms with Gasteiger partial charge in [0.25, 0.3) is 10.0 Å². The number of rotatable bonds is 10. The second-order valence-corrected chi connectivity index (χ2v) is 11.1. The minimum absolute atomic E-state index is 0.121. The predicted octanol–water partition coefficient (Wildman–Crippen LogP) is 5.45. The molecule has 0 unspecified atom stereocenters. The molecule has 0 heterocycles. The molecule has 0 aliphatic carbocycles. The van der Waals surface area contributed by atoms with Gasteiger partial charge in [-0.15, -0.1) is 11.8 Å². The average molecular weight is 503 g/mol. The lowest BCUT2D eigenvalue weighted by molar-refractivity contribution is -0.119. The topological polar surface area (TPSA) is 66.5 Å². The maximum atomic E-state index is 13.3. The highest BCUT2D eigenvalue weighted by Gasteiger charge is 2.27. The van der Waals surface area contributed by atoms with E-state index in [0.29, 0.717) is 17.3 Å². The van der Waals surface area contributed by atoms with Gasteiger partial charge in [-0.05, 0) is 68.5 Å². The van der Waals surface area contributed by atoms with E-state index in [1.807, 2.05) is 6.92 Å². The number of aryl methyl sites for hydroxylation is 2. The van der Waals surface area contributed by atoms with Gasteiger partial charge in [0.1, 0.15) is 6.54 Å². The summed E-state index contributed by atoms with van der Waals surface area (Å²) in [5.41, 5.74) is 2.51. The molecule has 1 amide bonds. The first-order chi connectivity index (χ1) is 15.8. The zero-order valence-electron chi connectivity index (χ0n) is 18.6. The van der Waals surface area contributed by atoms with Crippen LogP contribution in [0, 0.1) is 13.8 Å². The number of anilines is 1. The van der Waals surface area contributed by atoms with Crippen LogP contribution in [0.5, 0.6) is 0 Å². The van der Waals surface area contributed by atoms with Gasteiger partial charge < -0.3 is 5.32 Å². The van der Waals surface area contributed by atoms with Crippen molar-refractivity contribution in [3.63, 3.8) is 0 Å². The third-order valence-corrected chi connectivity index (χ3v) is 8.05. The Labute approximate surface area is 205 Å². The van der Waals surface area contributed by atoms with Crippen LogP contribution in [0.15, 0.2) is 82.6 Å². The molecule has 0 bridgehead atoms. The van der Waals surface area contributed by atoms with Crippen molar-refractivity contribution in [2.45, 2.75) is 30.1 Å². The summed E-state index contributed by atoms with van der Waals surface area (Å²) in [6.45, 7) is 4.07. The molecule has 8 heteroatoms.